The summed E-state index contributed by atoms with van der Waals surface area (Å²) >= 11 is 0. The number of nitro groups is 1. The van der Waals surface area contributed by atoms with Crippen molar-refractivity contribution in [3.63, 3.8) is 0 Å². The molecule has 0 aliphatic carbocycles. The Balaban J connectivity index is 2.21. The third-order valence-corrected chi connectivity index (χ3v) is 2.58. The summed E-state index contributed by atoms with van der Waals surface area (Å²) in [5.41, 5.74) is 0.573. The maximum Gasteiger partial charge on any atom is 0.276 e. The summed E-state index contributed by atoms with van der Waals surface area (Å²) in [6.45, 7) is 1.64. The molecule has 20 heavy (non-hydrogen) atoms. The second-order valence-electron chi connectivity index (χ2n) is 4.02. The standard InChI is InChI=1S/C12H10N4O4/c1-7-6-8(16(19)20)2-3-9(7)13-12(18)10-4-5-11(17)15-14-10/h2-6H,1H3,(H,13,18)(H,15,17). The van der Waals surface area contributed by atoms with Crippen molar-refractivity contribution >= 4 is 17.3 Å². The SMILES string of the molecule is Cc1cc([N+](=O)[O-])ccc1NC(=O)c1ccc(=O)[nH]n1. The van der Waals surface area contributed by atoms with E-state index in [1.165, 1.54) is 30.3 Å². The number of rotatable bonds is 3. The third-order valence-electron chi connectivity index (χ3n) is 2.58. The van der Waals surface area contributed by atoms with Gasteiger partial charge in [0.15, 0.2) is 0 Å². The summed E-state index contributed by atoms with van der Waals surface area (Å²) in [7, 11) is 0. The fourth-order valence-electron chi connectivity index (χ4n) is 1.56. The molecular formula is C12H10N4O4. The molecule has 0 aliphatic rings. The number of carbonyl (C=O) groups excluding carboxylic acids is 1. The monoisotopic (exact) mass is 274 g/mol. The van der Waals surface area contributed by atoms with E-state index in [4.69, 9.17) is 0 Å². The highest BCUT2D eigenvalue weighted by Crippen LogP contribution is 2.21. The van der Waals surface area contributed by atoms with Crippen LogP contribution >= 0.6 is 0 Å². The Labute approximate surface area is 112 Å². The number of aromatic nitrogens is 2. The van der Waals surface area contributed by atoms with Gasteiger partial charge in [0, 0.05) is 23.9 Å². The first-order valence-corrected chi connectivity index (χ1v) is 5.59. The molecule has 8 nitrogen and oxygen atoms in total. The molecule has 1 aromatic heterocycles. The second kappa shape index (κ2) is 5.31. The second-order valence-corrected chi connectivity index (χ2v) is 4.02. The van der Waals surface area contributed by atoms with Gasteiger partial charge in [-0.3, -0.25) is 19.7 Å². The molecule has 0 fully saturated rings. The zero-order valence-electron chi connectivity index (χ0n) is 10.4. The van der Waals surface area contributed by atoms with Gasteiger partial charge in [-0.05, 0) is 24.6 Å². The molecule has 0 bridgehead atoms. The Bertz CT molecular complexity index is 718. The van der Waals surface area contributed by atoms with Crippen molar-refractivity contribution in [3.05, 3.63) is 62.1 Å². The smallest absolute Gasteiger partial charge is 0.276 e. The van der Waals surface area contributed by atoms with Gasteiger partial charge in [0.25, 0.3) is 17.2 Å². The minimum atomic E-state index is -0.516. The molecule has 8 heteroatoms. The molecule has 0 saturated carbocycles. The van der Waals surface area contributed by atoms with Crippen LogP contribution in [0.15, 0.2) is 35.1 Å². The van der Waals surface area contributed by atoms with Crippen LogP contribution in [-0.4, -0.2) is 21.0 Å². The Morgan fingerprint density at radius 3 is 2.65 bits per heavy atom. The van der Waals surface area contributed by atoms with Gasteiger partial charge in [0.1, 0.15) is 5.69 Å². The Kier molecular flexibility index (Phi) is 3.56. The van der Waals surface area contributed by atoms with Gasteiger partial charge in [-0.1, -0.05) is 0 Å². The fourth-order valence-corrected chi connectivity index (χ4v) is 1.56. The number of nitro benzene ring substituents is 1. The summed E-state index contributed by atoms with van der Waals surface area (Å²) in [5, 5.41) is 18.9. The van der Waals surface area contributed by atoms with E-state index < -0.39 is 16.4 Å². The molecule has 2 N–H and O–H groups in total. The minimum Gasteiger partial charge on any atom is -0.320 e. The predicted molar refractivity (Wildman–Crippen MR) is 70.6 cm³/mol. The van der Waals surface area contributed by atoms with Crippen molar-refractivity contribution in [3.8, 4) is 0 Å². The van der Waals surface area contributed by atoms with E-state index >= 15 is 0 Å². The van der Waals surface area contributed by atoms with Gasteiger partial charge in [0.2, 0.25) is 0 Å². The maximum atomic E-state index is 11.9. The Hall–Kier alpha value is -3.03. The lowest BCUT2D eigenvalue weighted by atomic mass is 10.1. The van der Waals surface area contributed by atoms with Crippen molar-refractivity contribution in [1.29, 1.82) is 0 Å². The van der Waals surface area contributed by atoms with Crippen molar-refractivity contribution < 1.29 is 9.72 Å². The lowest BCUT2D eigenvalue weighted by Crippen LogP contribution is -2.18. The van der Waals surface area contributed by atoms with Crippen LogP contribution in [0.3, 0.4) is 0 Å². The molecule has 0 saturated heterocycles. The van der Waals surface area contributed by atoms with Crippen molar-refractivity contribution in [1.82, 2.24) is 10.2 Å². The number of non-ortho nitro benzene ring substituents is 1. The summed E-state index contributed by atoms with van der Waals surface area (Å²) < 4.78 is 0. The highest BCUT2D eigenvalue weighted by molar-refractivity contribution is 6.03. The van der Waals surface area contributed by atoms with Gasteiger partial charge in [0.05, 0.1) is 4.92 Å². The fraction of sp³-hybridized carbons (Fsp3) is 0.0833. The molecule has 0 aliphatic heterocycles. The zero-order valence-corrected chi connectivity index (χ0v) is 10.4. The number of aromatic amines is 1. The molecule has 0 atom stereocenters. The largest absolute Gasteiger partial charge is 0.320 e. The van der Waals surface area contributed by atoms with Gasteiger partial charge in [-0.15, -0.1) is 0 Å². The molecule has 2 aromatic rings. The molecular weight excluding hydrogens is 264 g/mol. The van der Waals surface area contributed by atoms with Gasteiger partial charge in [-0.2, -0.15) is 5.10 Å². The number of aryl methyl sites for hydroxylation is 1. The number of H-pyrrole nitrogens is 1. The number of hydrogen-bond donors (Lipinski definition) is 2. The van der Waals surface area contributed by atoms with Gasteiger partial charge >= 0.3 is 0 Å². The molecule has 0 unspecified atom stereocenters. The molecule has 1 heterocycles. The van der Waals surface area contributed by atoms with Gasteiger partial charge in [-0.25, -0.2) is 5.10 Å². The number of anilines is 1. The van der Waals surface area contributed by atoms with Crippen LogP contribution < -0.4 is 10.9 Å². The van der Waals surface area contributed by atoms with Crippen LogP contribution in [0.5, 0.6) is 0 Å². The number of hydrogen-bond acceptors (Lipinski definition) is 5. The topological polar surface area (TPSA) is 118 Å². The molecule has 1 amide bonds. The number of benzene rings is 1. The van der Waals surface area contributed by atoms with E-state index in [9.17, 15) is 19.7 Å². The van der Waals surface area contributed by atoms with E-state index in [1.54, 1.807) is 6.92 Å². The summed E-state index contributed by atoms with van der Waals surface area (Å²) in [4.78, 5) is 32.8. The molecule has 0 radical (unpaired) electrons. The van der Waals surface area contributed by atoms with E-state index in [1.807, 2.05) is 0 Å². The maximum absolute atomic E-state index is 11.9. The van der Waals surface area contributed by atoms with Crippen molar-refractivity contribution in [2.24, 2.45) is 0 Å². The van der Waals surface area contributed by atoms with Crippen LogP contribution in [0.25, 0.3) is 0 Å². The Morgan fingerprint density at radius 1 is 1.35 bits per heavy atom. The summed E-state index contributed by atoms with van der Waals surface area (Å²) in [6.07, 6.45) is 0. The first-order valence-electron chi connectivity index (χ1n) is 5.59. The lowest BCUT2D eigenvalue weighted by molar-refractivity contribution is -0.384. The first-order chi connectivity index (χ1) is 9.47. The van der Waals surface area contributed by atoms with Crippen molar-refractivity contribution in [2.45, 2.75) is 6.92 Å². The Morgan fingerprint density at radius 2 is 2.10 bits per heavy atom. The third kappa shape index (κ3) is 2.86. The van der Waals surface area contributed by atoms with Crippen molar-refractivity contribution in [2.75, 3.05) is 5.32 Å². The van der Waals surface area contributed by atoms with E-state index in [-0.39, 0.29) is 11.4 Å². The highest BCUT2D eigenvalue weighted by Gasteiger charge is 2.12. The molecule has 1 aromatic carbocycles. The van der Waals surface area contributed by atoms with E-state index in [0.29, 0.717) is 11.3 Å². The van der Waals surface area contributed by atoms with Crippen LogP contribution in [0, 0.1) is 17.0 Å². The van der Waals surface area contributed by atoms with Crippen LogP contribution in [-0.2, 0) is 0 Å². The minimum absolute atomic E-state index is 0.0438. The molecule has 0 spiro atoms. The first kappa shape index (κ1) is 13.4. The zero-order chi connectivity index (χ0) is 14.7. The number of nitrogens with one attached hydrogen (secondary N) is 2. The predicted octanol–water partition coefficient (Wildman–Crippen LogP) is 1.24. The van der Waals surface area contributed by atoms with Crippen LogP contribution in [0.1, 0.15) is 16.1 Å². The average Bonchev–Trinajstić information content (AvgIpc) is 2.41. The lowest BCUT2D eigenvalue weighted by Gasteiger charge is -2.07. The quantitative estimate of drug-likeness (QED) is 0.644. The molecule has 102 valence electrons. The average molecular weight is 274 g/mol. The van der Waals surface area contributed by atoms with Crippen LogP contribution in [0.2, 0.25) is 0 Å². The normalized spacial score (nSPS) is 10.1. The van der Waals surface area contributed by atoms with E-state index in [2.05, 4.69) is 15.5 Å². The highest BCUT2D eigenvalue weighted by atomic mass is 16.6. The summed E-state index contributed by atoms with van der Waals surface area (Å²) in [6, 6.07) is 6.56. The summed E-state index contributed by atoms with van der Waals surface area (Å²) in [5.74, 6) is -0.516. The molecule has 2 rings (SSSR count). The van der Waals surface area contributed by atoms with E-state index in [0.717, 1.165) is 0 Å². The van der Waals surface area contributed by atoms with Gasteiger partial charge < -0.3 is 5.32 Å². The number of nitrogens with zero attached hydrogens (tertiary/aromatic N) is 2. The van der Waals surface area contributed by atoms with Crippen LogP contribution in [0.4, 0.5) is 11.4 Å². The number of carbonyl (C=O) groups is 1. The number of amides is 1.